The van der Waals surface area contributed by atoms with Crippen LogP contribution < -0.4 is 15.8 Å². The highest BCUT2D eigenvalue weighted by molar-refractivity contribution is 6.04. The Bertz CT molecular complexity index is 521. The highest BCUT2D eigenvalue weighted by Crippen LogP contribution is 2.24. The van der Waals surface area contributed by atoms with Crippen LogP contribution in [-0.4, -0.2) is 18.0 Å². The zero-order chi connectivity index (χ0) is 12.3. The van der Waals surface area contributed by atoms with Gasteiger partial charge in [-0.05, 0) is 24.3 Å². The Morgan fingerprint density at radius 1 is 1.41 bits per heavy atom. The molecule has 0 bridgehead atoms. The number of H-pyrrole nitrogens is 1. The number of benzene rings is 1. The number of amides is 1. The van der Waals surface area contributed by atoms with Gasteiger partial charge in [0.15, 0.2) is 0 Å². The molecule has 2 rings (SSSR count). The van der Waals surface area contributed by atoms with E-state index in [1.807, 2.05) is 0 Å². The molecular weight excluding hydrogens is 218 g/mol. The molecule has 1 amide bonds. The van der Waals surface area contributed by atoms with Gasteiger partial charge in [-0.3, -0.25) is 4.79 Å². The number of hydrogen-bond acceptors (Lipinski definition) is 3. The van der Waals surface area contributed by atoms with Gasteiger partial charge in [0.2, 0.25) is 0 Å². The summed E-state index contributed by atoms with van der Waals surface area (Å²) in [6, 6.07) is 8.54. The van der Waals surface area contributed by atoms with E-state index in [-0.39, 0.29) is 5.91 Å². The number of carbonyl (C=O) groups is 1. The first kappa shape index (κ1) is 11.1. The predicted molar refractivity (Wildman–Crippen MR) is 66.2 cm³/mol. The third-order valence-corrected chi connectivity index (χ3v) is 2.35. The zero-order valence-corrected chi connectivity index (χ0v) is 9.36. The molecule has 0 fully saturated rings. The summed E-state index contributed by atoms with van der Waals surface area (Å²) in [5, 5.41) is 2.71. The van der Waals surface area contributed by atoms with E-state index in [0.717, 1.165) is 0 Å². The number of nitrogens with two attached hydrogens (primary N) is 1. The summed E-state index contributed by atoms with van der Waals surface area (Å²) < 4.78 is 5.07. The third-order valence-electron chi connectivity index (χ3n) is 2.35. The fourth-order valence-corrected chi connectivity index (χ4v) is 1.43. The van der Waals surface area contributed by atoms with Crippen molar-refractivity contribution < 1.29 is 9.53 Å². The number of carbonyl (C=O) groups excluding carboxylic acids is 1. The lowest BCUT2D eigenvalue weighted by molar-refractivity contribution is 0.102. The Morgan fingerprint density at radius 3 is 2.88 bits per heavy atom. The minimum absolute atomic E-state index is 0.241. The van der Waals surface area contributed by atoms with Crippen molar-refractivity contribution in [1.29, 1.82) is 0 Å². The van der Waals surface area contributed by atoms with E-state index in [1.54, 1.807) is 43.6 Å². The van der Waals surface area contributed by atoms with Crippen LogP contribution in [0, 0.1) is 0 Å². The molecule has 4 N–H and O–H groups in total. The molecule has 88 valence electrons. The first-order chi connectivity index (χ1) is 8.20. The lowest BCUT2D eigenvalue weighted by Crippen LogP contribution is -2.13. The maximum Gasteiger partial charge on any atom is 0.272 e. The summed E-state index contributed by atoms with van der Waals surface area (Å²) in [5.41, 5.74) is 7.27. The molecule has 2 aromatic rings. The van der Waals surface area contributed by atoms with E-state index < -0.39 is 0 Å². The standard InChI is InChI=1S/C12H13N3O2/c1-17-8-4-5-9(13)11(7-8)15-12(16)10-3-2-6-14-10/h2-7,14H,13H2,1H3,(H,15,16). The molecule has 0 radical (unpaired) electrons. The number of aromatic amines is 1. The summed E-state index contributed by atoms with van der Waals surface area (Å²) >= 11 is 0. The van der Waals surface area contributed by atoms with Crippen molar-refractivity contribution in [2.75, 3.05) is 18.2 Å². The van der Waals surface area contributed by atoms with E-state index in [4.69, 9.17) is 10.5 Å². The molecule has 0 aliphatic heterocycles. The molecule has 1 aromatic heterocycles. The number of hydrogen-bond donors (Lipinski definition) is 3. The van der Waals surface area contributed by atoms with Crippen molar-refractivity contribution in [3.63, 3.8) is 0 Å². The fraction of sp³-hybridized carbons (Fsp3) is 0.0833. The van der Waals surface area contributed by atoms with Gasteiger partial charge in [-0.1, -0.05) is 0 Å². The highest BCUT2D eigenvalue weighted by atomic mass is 16.5. The van der Waals surface area contributed by atoms with E-state index in [0.29, 0.717) is 22.8 Å². The maximum absolute atomic E-state index is 11.8. The van der Waals surface area contributed by atoms with Gasteiger partial charge in [0.25, 0.3) is 5.91 Å². The van der Waals surface area contributed by atoms with E-state index in [2.05, 4.69) is 10.3 Å². The smallest absolute Gasteiger partial charge is 0.272 e. The van der Waals surface area contributed by atoms with Gasteiger partial charge < -0.3 is 20.8 Å². The highest BCUT2D eigenvalue weighted by Gasteiger charge is 2.09. The Labute approximate surface area is 98.6 Å². The molecule has 0 aliphatic carbocycles. The third kappa shape index (κ3) is 2.39. The topological polar surface area (TPSA) is 80.1 Å². The average Bonchev–Trinajstić information content (AvgIpc) is 2.85. The fourth-order valence-electron chi connectivity index (χ4n) is 1.43. The molecule has 0 spiro atoms. The van der Waals surface area contributed by atoms with Crippen molar-refractivity contribution in [2.45, 2.75) is 0 Å². The van der Waals surface area contributed by atoms with E-state index in [1.165, 1.54) is 0 Å². The Hall–Kier alpha value is -2.43. The number of methoxy groups -OCH3 is 1. The van der Waals surface area contributed by atoms with Gasteiger partial charge in [-0.25, -0.2) is 0 Å². The quantitative estimate of drug-likeness (QED) is 0.705. The number of rotatable bonds is 3. The van der Waals surface area contributed by atoms with Crippen LogP contribution in [0.1, 0.15) is 10.5 Å². The number of ether oxygens (including phenoxy) is 1. The molecule has 0 saturated heterocycles. The molecule has 5 heteroatoms. The summed E-state index contributed by atoms with van der Waals surface area (Å²) in [6.07, 6.45) is 1.68. The molecule has 0 aliphatic rings. The summed E-state index contributed by atoms with van der Waals surface area (Å²) in [7, 11) is 1.56. The predicted octanol–water partition coefficient (Wildman–Crippen LogP) is 1.86. The van der Waals surface area contributed by atoms with Crippen LogP contribution in [0.15, 0.2) is 36.5 Å². The summed E-state index contributed by atoms with van der Waals surface area (Å²) in [5.74, 6) is 0.399. The van der Waals surface area contributed by atoms with Crippen LogP contribution in [0.25, 0.3) is 0 Å². The number of nitrogens with one attached hydrogen (secondary N) is 2. The van der Waals surface area contributed by atoms with Gasteiger partial charge >= 0.3 is 0 Å². The lowest BCUT2D eigenvalue weighted by atomic mass is 10.2. The second kappa shape index (κ2) is 4.61. The van der Waals surface area contributed by atoms with Crippen LogP contribution in [-0.2, 0) is 0 Å². The van der Waals surface area contributed by atoms with Crippen LogP contribution in [0.5, 0.6) is 5.75 Å². The second-order valence-electron chi connectivity index (χ2n) is 3.49. The van der Waals surface area contributed by atoms with Crippen LogP contribution >= 0.6 is 0 Å². The average molecular weight is 231 g/mol. The van der Waals surface area contributed by atoms with Crippen LogP contribution in [0.3, 0.4) is 0 Å². The van der Waals surface area contributed by atoms with E-state index >= 15 is 0 Å². The second-order valence-corrected chi connectivity index (χ2v) is 3.49. The normalized spacial score (nSPS) is 9.94. The monoisotopic (exact) mass is 231 g/mol. The van der Waals surface area contributed by atoms with Crippen molar-refractivity contribution in [2.24, 2.45) is 0 Å². The minimum Gasteiger partial charge on any atom is -0.497 e. The molecular formula is C12H13N3O2. The largest absolute Gasteiger partial charge is 0.497 e. The van der Waals surface area contributed by atoms with Crippen molar-refractivity contribution in [3.8, 4) is 5.75 Å². The number of anilines is 2. The summed E-state index contributed by atoms with van der Waals surface area (Å²) in [6.45, 7) is 0. The van der Waals surface area contributed by atoms with Crippen molar-refractivity contribution >= 4 is 17.3 Å². The van der Waals surface area contributed by atoms with Gasteiger partial charge in [-0.2, -0.15) is 0 Å². The van der Waals surface area contributed by atoms with Crippen LogP contribution in [0.2, 0.25) is 0 Å². The van der Waals surface area contributed by atoms with Gasteiger partial charge in [0.05, 0.1) is 18.5 Å². The van der Waals surface area contributed by atoms with Crippen molar-refractivity contribution in [3.05, 3.63) is 42.2 Å². The molecule has 17 heavy (non-hydrogen) atoms. The molecule has 5 nitrogen and oxygen atoms in total. The Kier molecular flexibility index (Phi) is 3.00. The molecule has 1 heterocycles. The minimum atomic E-state index is -0.241. The summed E-state index contributed by atoms with van der Waals surface area (Å²) in [4.78, 5) is 14.6. The molecule has 0 saturated carbocycles. The SMILES string of the molecule is COc1ccc(N)c(NC(=O)c2ccc[nH]2)c1. The van der Waals surface area contributed by atoms with E-state index in [9.17, 15) is 4.79 Å². The number of nitrogen functional groups attached to an aromatic ring is 1. The van der Waals surface area contributed by atoms with Crippen LogP contribution in [0.4, 0.5) is 11.4 Å². The first-order valence-corrected chi connectivity index (χ1v) is 5.09. The zero-order valence-electron chi connectivity index (χ0n) is 9.36. The molecule has 0 atom stereocenters. The van der Waals surface area contributed by atoms with Gasteiger partial charge in [0, 0.05) is 12.3 Å². The lowest BCUT2D eigenvalue weighted by Gasteiger charge is -2.09. The Balaban J connectivity index is 2.21. The molecule has 0 unspecified atom stereocenters. The first-order valence-electron chi connectivity index (χ1n) is 5.09. The van der Waals surface area contributed by atoms with Gasteiger partial charge in [-0.15, -0.1) is 0 Å². The number of aromatic nitrogens is 1. The molecule has 1 aromatic carbocycles. The van der Waals surface area contributed by atoms with Gasteiger partial charge in [0.1, 0.15) is 11.4 Å². The maximum atomic E-state index is 11.8. The Morgan fingerprint density at radius 2 is 2.24 bits per heavy atom. The van der Waals surface area contributed by atoms with Crippen molar-refractivity contribution in [1.82, 2.24) is 4.98 Å².